The molecule has 2 rings (SSSR count). The maximum absolute atomic E-state index is 12.2. The number of benzene rings is 1. The average molecular weight is 218 g/mol. The van der Waals surface area contributed by atoms with Gasteiger partial charge in [-0.3, -0.25) is 4.79 Å². The normalized spacial score (nSPS) is 22.9. The number of hydrogen-bond donors (Lipinski definition) is 1. The first-order chi connectivity index (χ1) is 7.65. The molecule has 86 valence electrons. The highest BCUT2D eigenvalue weighted by molar-refractivity contribution is 5.99. The quantitative estimate of drug-likeness (QED) is 0.791. The Kier molecular flexibility index (Phi) is 2.86. The van der Waals surface area contributed by atoms with Crippen LogP contribution in [0.2, 0.25) is 0 Å². The molecule has 1 aliphatic carbocycles. The molecule has 3 heteroatoms. The van der Waals surface area contributed by atoms with E-state index in [2.05, 4.69) is 6.92 Å². The number of amides is 1. The smallest absolute Gasteiger partial charge is 0.230 e. The lowest BCUT2D eigenvalue weighted by Crippen LogP contribution is -2.32. The molecule has 1 amide bonds. The van der Waals surface area contributed by atoms with E-state index in [-0.39, 0.29) is 11.8 Å². The SMILES string of the molecule is CCN(C(=O)C1CC1C)c1ccccc1N. The van der Waals surface area contributed by atoms with Crippen LogP contribution in [0.5, 0.6) is 0 Å². The van der Waals surface area contributed by atoms with Gasteiger partial charge in [0.15, 0.2) is 0 Å². The highest BCUT2D eigenvalue weighted by Crippen LogP contribution is 2.40. The second-order valence-corrected chi connectivity index (χ2v) is 4.46. The summed E-state index contributed by atoms with van der Waals surface area (Å²) in [5.74, 6) is 0.957. The Morgan fingerprint density at radius 1 is 1.50 bits per heavy atom. The van der Waals surface area contributed by atoms with E-state index in [0.29, 0.717) is 18.2 Å². The van der Waals surface area contributed by atoms with Crippen LogP contribution >= 0.6 is 0 Å². The molecule has 1 fully saturated rings. The molecule has 1 aliphatic rings. The van der Waals surface area contributed by atoms with Gasteiger partial charge in [0.25, 0.3) is 0 Å². The molecule has 16 heavy (non-hydrogen) atoms. The zero-order valence-corrected chi connectivity index (χ0v) is 9.81. The second-order valence-electron chi connectivity index (χ2n) is 4.46. The standard InChI is InChI=1S/C13H18N2O/c1-3-15(13(16)10-8-9(10)2)12-7-5-4-6-11(12)14/h4-7,9-10H,3,8,14H2,1-2H3. The first-order valence-corrected chi connectivity index (χ1v) is 5.81. The topological polar surface area (TPSA) is 46.3 Å². The van der Waals surface area contributed by atoms with Crippen molar-refractivity contribution in [1.29, 1.82) is 0 Å². The number of anilines is 2. The minimum atomic E-state index is 0.208. The maximum atomic E-state index is 12.2. The van der Waals surface area contributed by atoms with Crippen molar-refractivity contribution in [3.8, 4) is 0 Å². The van der Waals surface area contributed by atoms with Crippen LogP contribution in [0.4, 0.5) is 11.4 Å². The summed E-state index contributed by atoms with van der Waals surface area (Å²) in [4.78, 5) is 14.0. The van der Waals surface area contributed by atoms with Gasteiger partial charge in [0.2, 0.25) is 5.91 Å². The molecule has 0 spiro atoms. The molecular weight excluding hydrogens is 200 g/mol. The fourth-order valence-electron chi connectivity index (χ4n) is 2.04. The molecule has 0 heterocycles. The number of rotatable bonds is 3. The number of para-hydroxylation sites is 2. The van der Waals surface area contributed by atoms with E-state index in [1.54, 1.807) is 4.90 Å². The summed E-state index contributed by atoms with van der Waals surface area (Å²) in [6, 6.07) is 7.54. The molecule has 0 aliphatic heterocycles. The Balaban J connectivity index is 2.22. The lowest BCUT2D eigenvalue weighted by atomic mass is 10.2. The number of carbonyl (C=O) groups excluding carboxylic acids is 1. The molecule has 0 radical (unpaired) electrons. The number of carbonyl (C=O) groups is 1. The van der Waals surface area contributed by atoms with Crippen molar-refractivity contribution < 1.29 is 4.79 Å². The monoisotopic (exact) mass is 218 g/mol. The molecule has 0 saturated heterocycles. The zero-order chi connectivity index (χ0) is 11.7. The Bertz CT molecular complexity index is 403. The number of nitrogen functional groups attached to an aromatic ring is 1. The summed E-state index contributed by atoms with van der Waals surface area (Å²) in [6.07, 6.45) is 1.02. The van der Waals surface area contributed by atoms with Gasteiger partial charge in [-0.05, 0) is 31.4 Å². The average Bonchev–Trinajstić information content (AvgIpc) is 2.99. The summed E-state index contributed by atoms with van der Waals surface area (Å²) in [7, 11) is 0. The number of nitrogens with zero attached hydrogens (tertiary/aromatic N) is 1. The van der Waals surface area contributed by atoms with Crippen LogP contribution in [-0.4, -0.2) is 12.5 Å². The third-order valence-electron chi connectivity index (χ3n) is 3.24. The van der Waals surface area contributed by atoms with Gasteiger partial charge in [-0.15, -0.1) is 0 Å². The van der Waals surface area contributed by atoms with E-state index in [0.717, 1.165) is 12.1 Å². The molecular formula is C13H18N2O. The van der Waals surface area contributed by atoms with Gasteiger partial charge in [-0.1, -0.05) is 19.1 Å². The van der Waals surface area contributed by atoms with Crippen LogP contribution in [0.1, 0.15) is 20.3 Å². The summed E-state index contributed by atoms with van der Waals surface area (Å²) in [6.45, 7) is 4.78. The third kappa shape index (κ3) is 1.90. The summed E-state index contributed by atoms with van der Waals surface area (Å²) < 4.78 is 0. The largest absolute Gasteiger partial charge is 0.397 e. The van der Waals surface area contributed by atoms with E-state index >= 15 is 0 Å². The summed E-state index contributed by atoms with van der Waals surface area (Å²) in [5.41, 5.74) is 7.41. The van der Waals surface area contributed by atoms with Crippen LogP contribution in [0.25, 0.3) is 0 Å². The van der Waals surface area contributed by atoms with E-state index in [1.807, 2.05) is 31.2 Å². The maximum Gasteiger partial charge on any atom is 0.230 e. The van der Waals surface area contributed by atoms with Crippen LogP contribution in [0.15, 0.2) is 24.3 Å². The third-order valence-corrected chi connectivity index (χ3v) is 3.24. The zero-order valence-electron chi connectivity index (χ0n) is 9.81. The van der Waals surface area contributed by atoms with Crippen molar-refractivity contribution in [2.45, 2.75) is 20.3 Å². The van der Waals surface area contributed by atoms with Crippen molar-refractivity contribution in [1.82, 2.24) is 0 Å². The second kappa shape index (κ2) is 4.16. The minimum absolute atomic E-state index is 0.208. The molecule has 2 unspecified atom stereocenters. The van der Waals surface area contributed by atoms with E-state index in [4.69, 9.17) is 5.73 Å². The van der Waals surface area contributed by atoms with Gasteiger partial charge in [0, 0.05) is 12.5 Å². The lowest BCUT2D eigenvalue weighted by molar-refractivity contribution is -0.120. The van der Waals surface area contributed by atoms with Crippen LogP contribution in [0.3, 0.4) is 0 Å². The van der Waals surface area contributed by atoms with E-state index in [1.165, 1.54) is 0 Å². The van der Waals surface area contributed by atoms with Gasteiger partial charge in [0.1, 0.15) is 0 Å². The Labute approximate surface area is 96.2 Å². The molecule has 1 aromatic rings. The fraction of sp³-hybridized carbons (Fsp3) is 0.462. The van der Waals surface area contributed by atoms with Crippen molar-refractivity contribution in [2.75, 3.05) is 17.2 Å². The first kappa shape index (κ1) is 11.0. The molecule has 3 nitrogen and oxygen atoms in total. The number of hydrogen-bond acceptors (Lipinski definition) is 2. The summed E-state index contributed by atoms with van der Waals surface area (Å²) in [5, 5.41) is 0. The van der Waals surface area contributed by atoms with E-state index in [9.17, 15) is 4.79 Å². The Morgan fingerprint density at radius 3 is 2.62 bits per heavy atom. The van der Waals surface area contributed by atoms with E-state index < -0.39 is 0 Å². The molecule has 2 atom stereocenters. The van der Waals surface area contributed by atoms with Gasteiger partial charge >= 0.3 is 0 Å². The molecule has 2 N–H and O–H groups in total. The first-order valence-electron chi connectivity index (χ1n) is 5.81. The highest BCUT2D eigenvalue weighted by atomic mass is 16.2. The lowest BCUT2D eigenvalue weighted by Gasteiger charge is -2.22. The molecule has 1 aromatic carbocycles. The predicted octanol–water partition coefficient (Wildman–Crippen LogP) is 2.28. The molecule has 0 bridgehead atoms. The minimum Gasteiger partial charge on any atom is -0.397 e. The predicted molar refractivity (Wildman–Crippen MR) is 66.2 cm³/mol. The van der Waals surface area contributed by atoms with Crippen LogP contribution in [-0.2, 0) is 4.79 Å². The Hall–Kier alpha value is -1.51. The van der Waals surface area contributed by atoms with Gasteiger partial charge in [-0.2, -0.15) is 0 Å². The van der Waals surface area contributed by atoms with Crippen LogP contribution < -0.4 is 10.6 Å². The van der Waals surface area contributed by atoms with Gasteiger partial charge < -0.3 is 10.6 Å². The Morgan fingerprint density at radius 2 is 2.12 bits per heavy atom. The fourth-order valence-corrected chi connectivity index (χ4v) is 2.04. The summed E-state index contributed by atoms with van der Waals surface area (Å²) >= 11 is 0. The highest BCUT2D eigenvalue weighted by Gasteiger charge is 2.41. The van der Waals surface area contributed by atoms with Gasteiger partial charge in [0.05, 0.1) is 11.4 Å². The molecule has 1 saturated carbocycles. The van der Waals surface area contributed by atoms with Crippen molar-refractivity contribution in [3.05, 3.63) is 24.3 Å². The van der Waals surface area contributed by atoms with Crippen molar-refractivity contribution in [3.63, 3.8) is 0 Å². The van der Waals surface area contributed by atoms with Crippen molar-refractivity contribution >= 4 is 17.3 Å². The van der Waals surface area contributed by atoms with Crippen molar-refractivity contribution in [2.24, 2.45) is 11.8 Å². The van der Waals surface area contributed by atoms with Gasteiger partial charge in [-0.25, -0.2) is 0 Å². The van der Waals surface area contributed by atoms with Crippen LogP contribution in [0, 0.1) is 11.8 Å². The number of nitrogens with two attached hydrogens (primary N) is 1. The molecule has 0 aromatic heterocycles.